The smallest absolute Gasteiger partial charge is 0.340 e. The number of carbonyl (C=O) groups excluding carboxylic acids is 1. The number of carboxylic acids is 1. The minimum atomic E-state index is -0.923. The quantitative estimate of drug-likeness (QED) is 0.546. The van der Waals surface area contributed by atoms with E-state index in [2.05, 4.69) is 5.32 Å². The second kappa shape index (κ2) is 6.95. The third-order valence-corrected chi connectivity index (χ3v) is 3.50. The van der Waals surface area contributed by atoms with E-state index in [0.29, 0.717) is 17.4 Å². The zero-order chi connectivity index (χ0) is 17.0. The molecule has 7 nitrogen and oxygen atoms in total. The van der Waals surface area contributed by atoms with Gasteiger partial charge in [-0.15, -0.1) is 0 Å². The Hall–Kier alpha value is -2.83. The molecule has 0 spiro atoms. The zero-order valence-corrected chi connectivity index (χ0v) is 12.6. The van der Waals surface area contributed by atoms with E-state index < -0.39 is 11.6 Å². The highest BCUT2D eigenvalue weighted by Gasteiger charge is 2.15. The van der Waals surface area contributed by atoms with Gasteiger partial charge in [-0.25, -0.2) is 4.79 Å². The lowest BCUT2D eigenvalue weighted by molar-refractivity contribution is -0.137. The van der Waals surface area contributed by atoms with Gasteiger partial charge in [-0.1, -0.05) is 0 Å². The highest BCUT2D eigenvalue weighted by atomic mass is 16.4. The summed E-state index contributed by atoms with van der Waals surface area (Å²) in [6, 6.07) is 4.45. The molecule has 3 N–H and O–H groups in total. The van der Waals surface area contributed by atoms with E-state index in [9.17, 15) is 19.5 Å². The normalized spacial score (nSPS) is 10.7. The maximum Gasteiger partial charge on any atom is 0.340 e. The first-order chi connectivity index (χ1) is 10.9. The number of phenolic OH excluding ortho intramolecular Hbond substituents is 1. The minimum absolute atomic E-state index is 0.0102. The van der Waals surface area contributed by atoms with Gasteiger partial charge >= 0.3 is 11.6 Å². The molecular formula is C16H17NO6. The largest absolute Gasteiger partial charge is 0.508 e. The average Bonchev–Trinajstić information content (AvgIpc) is 2.47. The number of carbonyl (C=O) groups is 2. The fourth-order valence-corrected chi connectivity index (χ4v) is 2.28. The molecule has 0 aliphatic heterocycles. The molecule has 0 aliphatic carbocycles. The second-order valence-electron chi connectivity index (χ2n) is 5.20. The summed E-state index contributed by atoms with van der Waals surface area (Å²) < 4.78 is 5.14. The minimum Gasteiger partial charge on any atom is -0.508 e. The molecular weight excluding hydrogens is 302 g/mol. The molecule has 122 valence electrons. The van der Waals surface area contributed by atoms with Gasteiger partial charge in [0.25, 0.3) is 0 Å². The number of rotatable bonds is 6. The highest BCUT2D eigenvalue weighted by molar-refractivity contribution is 5.85. The Morgan fingerprint density at radius 2 is 2.04 bits per heavy atom. The molecule has 23 heavy (non-hydrogen) atoms. The number of hydrogen-bond donors (Lipinski definition) is 3. The number of nitrogens with one attached hydrogen (secondary N) is 1. The van der Waals surface area contributed by atoms with Crippen molar-refractivity contribution in [2.45, 2.75) is 26.2 Å². The number of hydrogen-bond acceptors (Lipinski definition) is 5. The fraction of sp³-hybridized carbons (Fsp3) is 0.312. The van der Waals surface area contributed by atoms with E-state index in [1.165, 1.54) is 12.1 Å². The molecule has 0 bridgehead atoms. The van der Waals surface area contributed by atoms with Crippen molar-refractivity contribution in [3.05, 3.63) is 39.7 Å². The Labute approximate surface area is 131 Å². The van der Waals surface area contributed by atoms with Crippen LogP contribution >= 0.6 is 0 Å². The Bertz CT molecular complexity index is 808. The van der Waals surface area contributed by atoms with Gasteiger partial charge in [0.2, 0.25) is 5.91 Å². The highest BCUT2D eigenvalue weighted by Crippen LogP contribution is 2.23. The molecule has 0 saturated heterocycles. The first-order valence-electron chi connectivity index (χ1n) is 7.12. The molecule has 1 heterocycles. The summed E-state index contributed by atoms with van der Waals surface area (Å²) in [7, 11) is 0. The first kappa shape index (κ1) is 16.5. The molecule has 1 aromatic heterocycles. The molecule has 0 saturated carbocycles. The number of amides is 1. The van der Waals surface area contributed by atoms with Crippen LogP contribution in [0, 0.1) is 6.92 Å². The Morgan fingerprint density at radius 1 is 1.30 bits per heavy atom. The van der Waals surface area contributed by atoms with Gasteiger partial charge in [-0.3, -0.25) is 9.59 Å². The van der Waals surface area contributed by atoms with E-state index in [1.54, 1.807) is 13.0 Å². The van der Waals surface area contributed by atoms with Crippen LogP contribution in [0.1, 0.15) is 24.0 Å². The van der Waals surface area contributed by atoms with Gasteiger partial charge in [0.1, 0.15) is 11.3 Å². The number of fused-ring (bicyclic) bond motifs is 1. The lowest BCUT2D eigenvalue weighted by atomic mass is 10.0. The molecule has 0 radical (unpaired) electrons. The molecule has 1 amide bonds. The standard InChI is InChI=1S/C16H17NO6/c1-9-11-5-4-10(18)7-13(11)23-16(22)12(9)8-14(19)17-6-2-3-15(20)21/h4-5,7,18H,2-3,6,8H2,1H3,(H,17,19)(H,20,21). The van der Waals surface area contributed by atoms with Gasteiger partial charge in [0.05, 0.1) is 12.0 Å². The zero-order valence-electron chi connectivity index (χ0n) is 12.6. The molecule has 0 aliphatic rings. The monoisotopic (exact) mass is 319 g/mol. The van der Waals surface area contributed by atoms with Crippen molar-refractivity contribution in [3.63, 3.8) is 0 Å². The van der Waals surface area contributed by atoms with E-state index >= 15 is 0 Å². The molecule has 1 aromatic carbocycles. The van der Waals surface area contributed by atoms with Gasteiger partial charge in [-0.05, 0) is 31.0 Å². The first-order valence-corrected chi connectivity index (χ1v) is 7.12. The van der Waals surface area contributed by atoms with Gasteiger partial charge in [0.15, 0.2) is 0 Å². The number of carboxylic acid groups (broad SMARTS) is 1. The van der Waals surface area contributed by atoms with Crippen LogP contribution in [0.4, 0.5) is 0 Å². The SMILES string of the molecule is Cc1c(CC(=O)NCCCC(=O)O)c(=O)oc2cc(O)ccc12. The lowest BCUT2D eigenvalue weighted by Crippen LogP contribution is -2.28. The third kappa shape index (κ3) is 4.09. The van der Waals surface area contributed by atoms with Crippen molar-refractivity contribution in [2.24, 2.45) is 0 Å². The maximum absolute atomic E-state index is 12.0. The predicted molar refractivity (Wildman–Crippen MR) is 82.5 cm³/mol. The molecule has 0 unspecified atom stereocenters. The van der Waals surface area contributed by atoms with E-state index in [4.69, 9.17) is 9.52 Å². The summed E-state index contributed by atoms with van der Waals surface area (Å²) in [5.41, 5.74) is 0.510. The summed E-state index contributed by atoms with van der Waals surface area (Å²) in [6.07, 6.45) is 0.157. The van der Waals surface area contributed by atoms with Crippen molar-refractivity contribution in [3.8, 4) is 5.75 Å². The van der Waals surface area contributed by atoms with Crippen LogP contribution in [-0.4, -0.2) is 28.6 Å². The van der Waals surface area contributed by atoms with Crippen LogP contribution < -0.4 is 10.9 Å². The lowest BCUT2D eigenvalue weighted by Gasteiger charge is -2.08. The summed E-state index contributed by atoms with van der Waals surface area (Å²) >= 11 is 0. The van der Waals surface area contributed by atoms with Gasteiger partial charge in [-0.2, -0.15) is 0 Å². The molecule has 0 fully saturated rings. The van der Waals surface area contributed by atoms with E-state index in [0.717, 1.165) is 0 Å². The van der Waals surface area contributed by atoms with Crippen LogP contribution in [0.5, 0.6) is 5.75 Å². The van der Waals surface area contributed by atoms with Crippen LogP contribution in [0.25, 0.3) is 11.0 Å². The topological polar surface area (TPSA) is 117 Å². The third-order valence-electron chi connectivity index (χ3n) is 3.50. The van der Waals surface area contributed by atoms with Crippen molar-refractivity contribution in [1.29, 1.82) is 0 Å². The predicted octanol–water partition coefficient (Wildman–Crippen LogP) is 1.33. The molecule has 7 heteroatoms. The Morgan fingerprint density at radius 3 is 2.74 bits per heavy atom. The average molecular weight is 319 g/mol. The summed E-state index contributed by atoms with van der Waals surface area (Å²) in [4.78, 5) is 34.3. The summed E-state index contributed by atoms with van der Waals surface area (Å²) in [6.45, 7) is 1.94. The van der Waals surface area contributed by atoms with Crippen LogP contribution in [0.3, 0.4) is 0 Å². The number of aromatic hydroxyl groups is 1. The Kier molecular flexibility index (Phi) is 5.00. The van der Waals surface area contributed by atoms with Gasteiger partial charge in [0, 0.05) is 24.4 Å². The van der Waals surface area contributed by atoms with Crippen molar-refractivity contribution in [1.82, 2.24) is 5.32 Å². The second-order valence-corrected chi connectivity index (χ2v) is 5.20. The van der Waals surface area contributed by atoms with Crippen molar-refractivity contribution < 1.29 is 24.2 Å². The van der Waals surface area contributed by atoms with Crippen molar-refractivity contribution in [2.75, 3.05) is 6.54 Å². The summed E-state index contributed by atoms with van der Waals surface area (Å²) in [5.74, 6) is -1.30. The molecule has 0 atom stereocenters. The number of phenols is 1. The fourth-order valence-electron chi connectivity index (χ4n) is 2.28. The van der Waals surface area contributed by atoms with E-state index in [1.807, 2.05) is 0 Å². The van der Waals surface area contributed by atoms with Crippen molar-refractivity contribution >= 4 is 22.8 Å². The molecule has 2 aromatic rings. The number of benzene rings is 1. The maximum atomic E-state index is 12.0. The van der Waals surface area contributed by atoms with Crippen LogP contribution in [0.15, 0.2) is 27.4 Å². The van der Waals surface area contributed by atoms with Crippen LogP contribution in [-0.2, 0) is 16.0 Å². The van der Waals surface area contributed by atoms with Crippen LogP contribution in [0.2, 0.25) is 0 Å². The molecule has 2 rings (SSSR count). The number of aryl methyl sites for hydroxylation is 1. The summed E-state index contributed by atoms with van der Waals surface area (Å²) in [5, 5.41) is 21.2. The Balaban J connectivity index is 2.14. The number of aliphatic carboxylic acids is 1. The van der Waals surface area contributed by atoms with Gasteiger partial charge < -0.3 is 19.9 Å². The van der Waals surface area contributed by atoms with E-state index in [-0.39, 0.29) is 42.2 Å².